The lowest BCUT2D eigenvalue weighted by atomic mass is 10.2. The number of methoxy groups -OCH3 is 2. The molecule has 0 saturated carbocycles. The molecule has 0 aliphatic carbocycles. The number of hydrogen-bond acceptors (Lipinski definition) is 6. The van der Waals surface area contributed by atoms with Crippen LogP contribution in [-0.4, -0.2) is 47.3 Å². The van der Waals surface area contributed by atoms with Crippen molar-refractivity contribution in [2.45, 2.75) is 0 Å². The fourth-order valence-corrected chi connectivity index (χ4v) is 2.84. The molecular weight excluding hydrogens is 398 g/mol. The van der Waals surface area contributed by atoms with E-state index in [1.165, 1.54) is 32.7 Å². The lowest BCUT2D eigenvalue weighted by Crippen LogP contribution is -2.32. The van der Waals surface area contributed by atoms with Crippen molar-refractivity contribution in [1.82, 2.24) is 20.1 Å². The number of carbonyl (C=O) groups is 2. The molecule has 2 amide bonds. The van der Waals surface area contributed by atoms with Crippen LogP contribution in [0.15, 0.2) is 49.1 Å². The van der Waals surface area contributed by atoms with Crippen molar-refractivity contribution in [1.29, 1.82) is 0 Å². The summed E-state index contributed by atoms with van der Waals surface area (Å²) in [4.78, 5) is 28.3. The number of amides is 2. The first-order valence-electron chi connectivity index (χ1n) is 8.46. The minimum Gasteiger partial charge on any atom is -0.493 e. The maximum absolute atomic E-state index is 12.3. The van der Waals surface area contributed by atoms with Gasteiger partial charge in [0.15, 0.2) is 11.5 Å². The molecule has 0 fully saturated rings. The van der Waals surface area contributed by atoms with Gasteiger partial charge in [0.1, 0.15) is 12.7 Å². The van der Waals surface area contributed by atoms with Crippen molar-refractivity contribution in [3.05, 3.63) is 59.6 Å². The zero-order chi connectivity index (χ0) is 20.8. The third-order valence-electron chi connectivity index (χ3n) is 3.94. The van der Waals surface area contributed by atoms with E-state index in [2.05, 4.69) is 20.7 Å². The van der Waals surface area contributed by atoms with E-state index in [4.69, 9.17) is 21.1 Å². The first-order chi connectivity index (χ1) is 14.0. The van der Waals surface area contributed by atoms with Gasteiger partial charge < -0.3 is 20.1 Å². The molecule has 0 saturated heterocycles. The number of carbonyl (C=O) groups excluding carboxylic acids is 2. The molecule has 2 N–H and O–H groups in total. The van der Waals surface area contributed by atoms with Gasteiger partial charge in [-0.25, -0.2) is 9.67 Å². The lowest BCUT2D eigenvalue weighted by molar-refractivity contribution is -0.115. The molecule has 0 bridgehead atoms. The van der Waals surface area contributed by atoms with Gasteiger partial charge in [0.2, 0.25) is 5.91 Å². The summed E-state index contributed by atoms with van der Waals surface area (Å²) in [6.07, 6.45) is 3.01. The number of aromatic nitrogens is 3. The Morgan fingerprint density at radius 1 is 1.14 bits per heavy atom. The van der Waals surface area contributed by atoms with Crippen molar-refractivity contribution in [2.75, 3.05) is 26.1 Å². The van der Waals surface area contributed by atoms with Gasteiger partial charge in [-0.2, -0.15) is 5.10 Å². The Morgan fingerprint density at radius 2 is 1.90 bits per heavy atom. The van der Waals surface area contributed by atoms with Crippen LogP contribution in [0.25, 0.3) is 5.69 Å². The molecule has 10 heteroatoms. The smallest absolute Gasteiger partial charge is 0.251 e. The molecule has 0 aliphatic heterocycles. The Labute approximate surface area is 171 Å². The number of benzene rings is 2. The van der Waals surface area contributed by atoms with Crippen LogP contribution in [0.3, 0.4) is 0 Å². The van der Waals surface area contributed by atoms with Crippen LogP contribution in [0.4, 0.5) is 5.69 Å². The SMILES string of the molecule is COc1cc(C(=O)NCC(=O)Nc2ccc(-n3cncn3)cc2)cc(Cl)c1OC. The predicted octanol–water partition coefficient (Wildman–Crippen LogP) is 2.31. The van der Waals surface area contributed by atoms with E-state index in [-0.39, 0.29) is 23.0 Å². The van der Waals surface area contributed by atoms with Gasteiger partial charge in [-0.1, -0.05) is 11.6 Å². The summed E-state index contributed by atoms with van der Waals surface area (Å²) in [5.74, 6) is -0.192. The van der Waals surface area contributed by atoms with Crippen molar-refractivity contribution in [2.24, 2.45) is 0 Å². The Balaban J connectivity index is 1.58. The number of nitrogens with one attached hydrogen (secondary N) is 2. The van der Waals surface area contributed by atoms with E-state index < -0.39 is 5.91 Å². The molecule has 2 aromatic carbocycles. The van der Waals surface area contributed by atoms with Crippen molar-refractivity contribution >= 4 is 29.1 Å². The van der Waals surface area contributed by atoms with Gasteiger partial charge in [0.25, 0.3) is 5.91 Å². The van der Waals surface area contributed by atoms with Gasteiger partial charge in [-0.3, -0.25) is 9.59 Å². The van der Waals surface area contributed by atoms with Crippen molar-refractivity contribution in [3.8, 4) is 17.2 Å². The number of nitrogens with zero attached hydrogens (tertiary/aromatic N) is 3. The molecule has 0 atom stereocenters. The Kier molecular flexibility index (Phi) is 6.30. The molecule has 1 aromatic heterocycles. The summed E-state index contributed by atoms with van der Waals surface area (Å²) in [6, 6.07) is 9.96. The molecule has 29 heavy (non-hydrogen) atoms. The minimum absolute atomic E-state index is 0.213. The summed E-state index contributed by atoms with van der Waals surface area (Å²) < 4.78 is 11.9. The fourth-order valence-electron chi connectivity index (χ4n) is 2.56. The second-order valence-electron chi connectivity index (χ2n) is 5.81. The molecule has 0 spiro atoms. The highest BCUT2D eigenvalue weighted by molar-refractivity contribution is 6.32. The van der Waals surface area contributed by atoms with Crippen LogP contribution >= 0.6 is 11.6 Å². The zero-order valence-electron chi connectivity index (χ0n) is 15.7. The molecule has 3 rings (SSSR count). The molecule has 3 aromatic rings. The maximum atomic E-state index is 12.3. The molecule has 1 heterocycles. The van der Waals surface area contributed by atoms with E-state index in [1.54, 1.807) is 35.3 Å². The standard InChI is InChI=1S/C19H18ClN5O4/c1-28-16-8-12(7-15(20)18(16)29-2)19(27)22-9-17(26)24-13-3-5-14(6-4-13)25-11-21-10-23-25/h3-8,10-11H,9H2,1-2H3,(H,22,27)(H,24,26). The van der Waals surface area contributed by atoms with Crippen LogP contribution in [-0.2, 0) is 4.79 Å². The Hall–Kier alpha value is -3.59. The van der Waals surface area contributed by atoms with Crippen molar-refractivity contribution < 1.29 is 19.1 Å². The summed E-state index contributed by atoms with van der Waals surface area (Å²) in [5, 5.41) is 9.50. The highest BCUT2D eigenvalue weighted by atomic mass is 35.5. The van der Waals surface area contributed by atoms with E-state index in [0.717, 1.165) is 5.69 Å². The number of ether oxygens (including phenoxy) is 2. The normalized spacial score (nSPS) is 10.3. The van der Waals surface area contributed by atoms with Gasteiger partial charge in [0, 0.05) is 11.3 Å². The number of halogens is 1. The van der Waals surface area contributed by atoms with Crippen LogP contribution in [0.2, 0.25) is 5.02 Å². The molecule has 0 radical (unpaired) electrons. The predicted molar refractivity (Wildman–Crippen MR) is 107 cm³/mol. The van der Waals surface area contributed by atoms with E-state index >= 15 is 0 Å². The number of anilines is 1. The van der Waals surface area contributed by atoms with E-state index in [1.807, 2.05) is 0 Å². The largest absolute Gasteiger partial charge is 0.493 e. The van der Waals surface area contributed by atoms with Crippen LogP contribution in [0, 0.1) is 0 Å². The molecule has 0 aliphatic rings. The molecule has 9 nitrogen and oxygen atoms in total. The van der Waals surface area contributed by atoms with Crippen LogP contribution in [0.5, 0.6) is 11.5 Å². The molecular formula is C19H18ClN5O4. The lowest BCUT2D eigenvalue weighted by Gasteiger charge is -2.12. The third-order valence-corrected chi connectivity index (χ3v) is 4.22. The van der Waals surface area contributed by atoms with Crippen LogP contribution < -0.4 is 20.1 Å². The fraction of sp³-hybridized carbons (Fsp3) is 0.158. The van der Waals surface area contributed by atoms with Gasteiger partial charge in [0.05, 0.1) is 31.5 Å². The van der Waals surface area contributed by atoms with E-state index in [0.29, 0.717) is 17.2 Å². The number of hydrogen-bond donors (Lipinski definition) is 2. The van der Waals surface area contributed by atoms with E-state index in [9.17, 15) is 9.59 Å². The maximum Gasteiger partial charge on any atom is 0.251 e. The Morgan fingerprint density at radius 3 is 2.52 bits per heavy atom. The third kappa shape index (κ3) is 4.82. The first-order valence-corrected chi connectivity index (χ1v) is 8.84. The monoisotopic (exact) mass is 415 g/mol. The second-order valence-corrected chi connectivity index (χ2v) is 6.22. The summed E-state index contributed by atoms with van der Waals surface area (Å²) in [7, 11) is 2.89. The zero-order valence-corrected chi connectivity index (χ0v) is 16.4. The highest BCUT2D eigenvalue weighted by Gasteiger charge is 2.16. The first kappa shape index (κ1) is 20.2. The Bertz CT molecular complexity index is 1010. The van der Waals surface area contributed by atoms with Gasteiger partial charge >= 0.3 is 0 Å². The average Bonchev–Trinajstić information content (AvgIpc) is 3.26. The average molecular weight is 416 g/mol. The van der Waals surface area contributed by atoms with Crippen LogP contribution in [0.1, 0.15) is 10.4 Å². The summed E-state index contributed by atoms with van der Waals surface area (Å²) >= 11 is 6.10. The van der Waals surface area contributed by atoms with Gasteiger partial charge in [-0.05, 0) is 36.4 Å². The molecule has 0 unspecified atom stereocenters. The second kappa shape index (κ2) is 9.07. The van der Waals surface area contributed by atoms with Gasteiger partial charge in [-0.15, -0.1) is 0 Å². The molecule has 150 valence electrons. The quantitative estimate of drug-likeness (QED) is 0.613. The van der Waals surface area contributed by atoms with Crippen molar-refractivity contribution in [3.63, 3.8) is 0 Å². The highest BCUT2D eigenvalue weighted by Crippen LogP contribution is 2.35. The topological polar surface area (TPSA) is 107 Å². The number of rotatable bonds is 7. The summed E-state index contributed by atoms with van der Waals surface area (Å²) in [5.41, 5.74) is 1.64. The summed E-state index contributed by atoms with van der Waals surface area (Å²) in [6.45, 7) is -0.213. The minimum atomic E-state index is -0.468.